The van der Waals surface area contributed by atoms with Crippen LogP contribution in [0.2, 0.25) is 0 Å². The van der Waals surface area contributed by atoms with Gasteiger partial charge in [-0.25, -0.2) is 0 Å². The Bertz CT molecular complexity index is 2050. The Morgan fingerprint density at radius 3 is 1.41 bits per heavy atom. The molecule has 0 radical (unpaired) electrons. The molecule has 0 saturated carbocycles. The molecule has 0 bridgehead atoms. The van der Waals surface area contributed by atoms with Crippen LogP contribution < -0.4 is 0 Å². The predicted molar refractivity (Wildman–Crippen MR) is 174 cm³/mol. The van der Waals surface area contributed by atoms with Crippen molar-refractivity contribution < 1.29 is 10.2 Å². The number of hydrogen-bond donors (Lipinski definition) is 2. The average molecular weight is 583 g/mol. The smallest absolute Gasteiger partial charge is 0.147 e. The lowest BCUT2D eigenvalue weighted by Gasteiger charge is -2.28. The van der Waals surface area contributed by atoms with Crippen molar-refractivity contribution in [2.75, 3.05) is 0 Å². The highest BCUT2D eigenvalue weighted by atomic mass is 16.3. The maximum Gasteiger partial charge on any atom is 0.147 e. The molecule has 8 heteroatoms. The second-order valence-electron chi connectivity index (χ2n) is 11.6. The van der Waals surface area contributed by atoms with Gasteiger partial charge in [-0.05, 0) is 79.4 Å². The molecule has 7 rings (SSSR count). The molecule has 8 nitrogen and oxygen atoms in total. The van der Waals surface area contributed by atoms with E-state index in [4.69, 9.17) is 0 Å². The third-order valence-corrected chi connectivity index (χ3v) is 7.83. The molecule has 0 atom stereocenters. The molecule has 2 N–H and O–H groups in total. The molecule has 0 amide bonds. The molecule has 220 valence electrons. The molecule has 5 aromatic carbocycles. The van der Waals surface area contributed by atoms with E-state index in [9.17, 15) is 10.2 Å². The first kappa shape index (κ1) is 28.6. The van der Waals surface area contributed by atoms with E-state index >= 15 is 0 Å². The zero-order valence-electron chi connectivity index (χ0n) is 25.4. The summed E-state index contributed by atoms with van der Waals surface area (Å²) in [6.07, 6.45) is 0. The van der Waals surface area contributed by atoms with Gasteiger partial charge in [0, 0.05) is 11.0 Å². The molecule has 0 fully saturated rings. The van der Waals surface area contributed by atoms with Crippen LogP contribution in [-0.4, -0.2) is 40.2 Å². The molecular weight excluding hydrogens is 548 g/mol. The molecule has 7 aromatic rings. The van der Waals surface area contributed by atoms with Crippen LogP contribution in [0.4, 0.5) is 0 Å². The van der Waals surface area contributed by atoms with Gasteiger partial charge in [-0.3, -0.25) is 0 Å². The number of nitrogens with zero attached hydrogens (tertiary/aromatic N) is 6. The third-order valence-electron chi connectivity index (χ3n) is 7.83. The Morgan fingerprint density at radius 2 is 0.932 bits per heavy atom. The van der Waals surface area contributed by atoms with Crippen LogP contribution in [0.1, 0.15) is 41.7 Å². The van der Waals surface area contributed by atoms with Gasteiger partial charge in [0.2, 0.25) is 0 Å². The van der Waals surface area contributed by atoms with Crippen molar-refractivity contribution in [2.24, 2.45) is 0 Å². The van der Waals surface area contributed by atoms with E-state index in [2.05, 4.69) is 46.4 Å². The Balaban J connectivity index is 0.000000167. The second kappa shape index (κ2) is 11.3. The van der Waals surface area contributed by atoms with E-state index in [1.807, 2.05) is 112 Å². The number of fused-ring (bicyclic) bond motifs is 2. The second-order valence-corrected chi connectivity index (χ2v) is 11.6. The number of phenols is 2. The molecule has 0 aliphatic rings. The molecule has 0 saturated heterocycles. The standard InChI is InChI=1S/C22H21N3O.C14H13N3O/c1-15-13-17(22(2,3)16-9-5-4-6-10-16)21(26)20(14-15)25-23-18-11-7-8-12-19(18)24-25;1-9-7-10(2)14(18)13(8-9)17-15-11-5-3-4-6-12(11)16-17/h4-14,26H,1-3H3;3-8,18H,1-2H3. The lowest BCUT2D eigenvalue weighted by atomic mass is 9.77. The minimum Gasteiger partial charge on any atom is -0.505 e. The van der Waals surface area contributed by atoms with Crippen molar-refractivity contribution in [2.45, 2.75) is 40.0 Å². The third kappa shape index (κ3) is 5.38. The summed E-state index contributed by atoms with van der Waals surface area (Å²) in [6, 6.07) is 33.3. The fourth-order valence-corrected chi connectivity index (χ4v) is 5.42. The van der Waals surface area contributed by atoms with Gasteiger partial charge >= 0.3 is 0 Å². The van der Waals surface area contributed by atoms with Crippen molar-refractivity contribution in [3.05, 3.63) is 131 Å². The van der Waals surface area contributed by atoms with Gasteiger partial charge in [0.05, 0.1) is 0 Å². The lowest BCUT2D eigenvalue weighted by molar-refractivity contribution is 0.446. The normalized spacial score (nSPS) is 11.5. The van der Waals surface area contributed by atoms with Crippen molar-refractivity contribution in [3.8, 4) is 22.9 Å². The molecule has 2 aromatic heterocycles. The summed E-state index contributed by atoms with van der Waals surface area (Å²) in [6.45, 7) is 10.1. The Kier molecular flexibility index (Phi) is 7.35. The van der Waals surface area contributed by atoms with E-state index < -0.39 is 0 Å². The van der Waals surface area contributed by atoms with Crippen molar-refractivity contribution >= 4 is 22.1 Å². The fraction of sp³-hybridized carbons (Fsp3) is 0.167. The van der Waals surface area contributed by atoms with Gasteiger partial charge in [0.25, 0.3) is 0 Å². The van der Waals surface area contributed by atoms with Gasteiger partial charge < -0.3 is 10.2 Å². The van der Waals surface area contributed by atoms with Gasteiger partial charge in [-0.1, -0.05) is 80.6 Å². The van der Waals surface area contributed by atoms with Crippen molar-refractivity contribution in [3.63, 3.8) is 0 Å². The van der Waals surface area contributed by atoms with Crippen LogP contribution >= 0.6 is 0 Å². The number of aryl methyl sites for hydroxylation is 3. The highest BCUT2D eigenvalue weighted by molar-refractivity contribution is 5.74. The number of aromatic nitrogens is 6. The first-order valence-electron chi connectivity index (χ1n) is 14.5. The fourth-order valence-electron chi connectivity index (χ4n) is 5.42. The summed E-state index contributed by atoms with van der Waals surface area (Å²) in [5, 5.41) is 39.0. The molecule has 44 heavy (non-hydrogen) atoms. The highest BCUT2D eigenvalue weighted by Gasteiger charge is 2.28. The maximum atomic E-state index is 11.1. The predicted octanol–water partition coefficient (Wildman–Crippen LogP) is 7.50. The van der Waals surface area contributed by atoms with Gasteiger partial charge in [0.1, 0.15) is 44.9 Å². The number of aromatic hydroxyl groups is 2. The molecule has 0 spiro atoms. The first-order chi connectivity index (χ1) is 21.1. The van der Waals surface area contributed by atoms with Crippen LogP contribution in [0.15, 0.2) is 103 Å². The largest absolute Gasteiger partial charge is 0.505 e. The summed E-state index contributed by atoms with van der Waals surface area (Å²) in [5.41, 5.74) is 9.06. The lowest BCUT2D eigenvalue weighted by Crippen LogP contribution is -2.20. The zero-order valence-corrected chi connectivity index (χ0v) is 25.4. The minimum atomic E-state index is -0.349. The van der Waals surface area contributed by atoms with Crippen molar-refractivity contribution in [1.82, 2.24) is 30.0 Å². The van der Waals surface area contributed by atoms with E-state index in [-0.39, 0.29) is 16.9 Å². The van der Waals surface area contributed by atoms with E-state index in [1.54, 1.807) is 0 Å². The Morgan fingerprint density at radius 1 is 0.523 bits per heavy atom. The monoisotopic (exact) mass is 582 g/mol. The van der Waals surface area contributed by atoms with E-state index in [0.717, 1.165) is 49.9 Å². The molecule has 0 aliphatic carbocycles. The maximum absolute atomic E-state index is 11.1. The van der Waals surface area contributed by atoms with Gasteiger partial charge in [0.15, 0.2) is 0 Å². The number of benzene rings is 5. The van der Waals surface area contributed by atoms with E-state index in [0.29, 0.717) is 11.4 Å². The summed E-state index contributed by atoms with van der Waals surface area (Å²) in [7, 11) is 0. The SMILES string of the molecule is Cc1cc(-n2nc3ccccc3n2)c(O)c(C(C)(C)c2ccccc2)c1.Cc1cc(C)c(O)c(-n2nc3ccccc3n2)c1. The quantitative estimate of drug-likeness (QED) is 0.223. The summed E-state index contributed by atoms with van der Waals surface area (Å²) in [4.78, 5) is 3.01. The Labute approximate surface area is 255 Å². The van der Waals surface area contributed by atoms with Crippen LogP contribution in [0.3, 0.4) is 0 Å². The van der Waals surface area contributed by atoms with Crippen LogP contribution in [-0.2, 0) is 5.41 Å². The summed E-state index contributed by atoms with van der Waals surface area (Å²) >= 11 is 0. The number of rotatable bonds is 4. The molecule has 2 heterocycles. The topological polar surface area (TPSA) is 102 Å². The van der Waals surface area contributed by atoms with Crippen LogP contribution in [0, 0.1) is 20.8 Å². The van der Waals surface area contributed by atoms with Crippen molar-refractivity contribution in [1.29, 1.82) is 0 Å². The van der Waals surface area contributed by atoms with Crippen LogP contribution in [0.5, 0.6) is 11.5 Å². The van der Waals surface area contributed by atoms with E-state index in [1.165, 1.54) is 9.59 Å². The molecule has 0 unspecified atom stereocenters. The van der Waals surface area contributed by atoms with Crippen LogP contribution in [0.25, 0.3) is 33.4 Å². The highest BCUT2D eigenvalue weighted by Crippen LogP contribution is 2.40. The average Bonchev–Trinajstić information content (AvgIpc) is 3.65. The van der Waals surface area contributed by atoms with Gasteiger partial charge in [-0.15, -0.1) is 30.0 Å². The molecule has 0 aliphatic heterocycles. The number of phenolic OH excluding ortho intramolecular Hbond substituents is 2. The minimum absolute atomic E-state index is 0.213. The Hall–Kier alpha value is -5.50. The summed E-state index contributed by atoms with van der Waals surface area (Å²) in [5.74, 6) is 0.436. The number of hydrogen-bond acceptors (Lipinski definition) is 6. The summed E-state index contributed by atoms with van der Waals surface area (Å²) < 4.78 is 0. The molecular formula is C36H34N6O2. The zero-order chi connectivity index (χ0) is 31.0. The van der Waals surface area contributed by atoms with Gasteiger partial charge in [-0.2, -0.15) is 0 Å². The first-order valence-corrected chi connectivity index (χ1v) is 14.5.